The van der Waals surface area contributed by atoms with E-state index in [9.17, 15) is 27.6 Å². The number of sulfone groups is 1. The molecule has 0 aromatic heterocycles. The van der Waals surface area contributed by atoms with Crippen molar-refractivity contribution in [3.05, 3.63) is 65.2 Å². The number of carbonyl (C=O) groups excluding carboxylic acids is 4. The molecule has 0 heterocycles. The number of benzene rings is 2. The predicted octanol–water partition coefficient (Wildman–Crippen LogP) is 3.00. The molecule has 0 saturated heterocycles. The van der Waals surface area contributed by atoms with Crippen molar-refractivity contribution in [3.8, 4) is 0 Å². The molecule has 3 atom stereocenters. The van der Waals surface area contributed by atoms with Gasteiger partial charge in [-0.25, -0.2) is 8.42 Å². The number of hydrogen-bond acceptors (Lipinski definition) is 9. The normalized spacial score (nSPS) is 23.9. The SMILES string of the molecule is CCOC(=O)[C@]12CC(C(=O)OC)(C(=O)OC)C[C@@H]1[C@@H](S(=O)(=O)c1ccc(C)cc1)c1ccccc1C2=O. The Hall–Kier alpha value is -3.53. The Morgan fingerprint density at radius 3 is 2.11 bits per heavy atom. The molecule has 2 aromatic carbocycles. The predicted molar refractivity (Wildman–Crippen MR) is 130 cm³/mol. The van der Waals surface area contributed by atoms with Crippen molar-refractivity contribution in [2.45, 2.75) is 36.8 Å². The molecule has 0 bridgehead atoms. The molecule has 1 fully saturated rings. The Bertz CT molecular complexity index is 1360. The zero-order chi connectivity index (χ0) is 27.2. The average molecular weight is 529 g/mol. The summed E-state index contributed by atoms with van der Waals surface area (Å²) < 4.78 is 43.6. The molecule has 0 aliphatic heterocycles. The Morgan fingerprint density at radius 1 is 0.946 bits per heavy atom. The molecular weight excluding hydrogens is 500 g/mol. The summed E-state index contributed by atoms with van der Waals surface area (Å²) in [5.41, 5.74) is -3.15. The van der Waals surface area contributed by atoms with E-state index in [1.165, 1.54) is 24.3 Å². The second-order valence-corrected chi connectivity index (χ2v) is 11.5. The number of ketones is 1. The number of ether oxygens (including phenoxy) is 3. The second kappa shape index (κ2) is 9.41. The molecule has 2 aromatic rings. The summed E-state index contributed by atoms with van der Waals surface area (Å²) >= 11 is 0. The fourth-order valence-corrected chi connectivity index (χ4v) is 7.98. The molecule has 196 valence electrons. The summed E-state index contributed by atoms with van der Waals surface area (Å²) in [5, 5.41) is -1.43. The number of methoxy groups -OCH3 is 2. The molecule has 1 saturated carbocycles. The highest BCUT2D eigenvalue weighted by molar-refractivity contribution is 7.91. The van der Waals surface area contributed by atoms with Crippen LogP contribution in [0.2, 0.25) is 0 Å². The molecule has 0 radical (unpaired) electrons. The first-order valence-electron chi connectivity index (χ1n) is 11.8. The topological polar surface area (TPSA) is 130 Å². The van der Waals surface area contributed by atoms with Crippen LogP contribution in [0.3, 0.4) is 0 Å². The minimum atomic E-state index is -4.24. The van der Waals surface area contributed by atoms with Crippen LogP contribution in [-0.2, 0) is 38.4 Å². The van der Waals surface area contributed by atoms with E-state index in [0.717, 1.165) is 19.8 Å². The number of esters is 3. The molecule has 0 unspecified atom stereocenters. The number of carbonyl (C=O) groups is 4. The maximum atomic E-state index is 14.2. The summed E-state index contributed by atoms with van der Waals surface area (Å²) in [6, 6.07) is 12.3. The number of Topliss-reactive ketones (excluding diaryl/α,β-unsaturated/α-hetero) is 1. The van der Waals surface area contributed by atoms with Gasteiger partial charge in [0.1, 0.15) is 5.41 Å². The number of fused-ring (bicyclic) bond motifs is 2. The Labute approximate surface area is 215 Å². The lowest BCUT2D eigenvalue weighted by atomic mass is 9.64. The maximum absolute atomic E-state index is 14.2. The fourth-order valence-electron chi connectivity index (χ4n) is 5.87. The summed E-state index contributed by atoms with van der Waals surface area (Å²) in [5.74, 6) is -5.02. The highest BCUT2D eigenvalue weighted by Crippen LogP contribution is 2.64. The van der Waals surface area contributed by atoms with Gasteiger partial charge >= 0.3 is 17.9 Å². The lowest BCUT2D eigenvalue weighted by Crippen LogP contribution is -2.51. The molecule has 2 aliphatic rings. The molecule has 4 rings (SSSR count). The molecule has 37 heavy (non-hydrogen) atoms. The first-order valence-corrected chi connectivity index (χ1v) is 13.3. The van der Waals surface area contributed by atoms with Gasteiger partial charge in [0.2, 0.25) is 0 Å². The van der Waals surface area contributed by atoms with Crippen molar-refractivity contribution in [3.63, 3.8) is 0 Å². The molecule has 0 amide bonds. The van der Waals surface area contributed by atoms with Crippen molar-refractivity contribution in [1.29, 1.82) is 0 Å². The Balaban J connectivity index is 2.07. The van der Waals surface area contributed by atoms with Gasteiger partial charge in [-0.05, 0) is 44.4 Å². The molecule has 10 heteroatoms. The van der Waals surface area contributed by atoms with E-state index in [4.69, 9.17) is 14.2 Å². The van der Waals surface area contributed by atoms with Gasteiger partial charge in [-0.15, -0.1) is 0 Å². The standard InChI is InChI=1S/C27H28O9S/c1-5-36-25(31)27-15-26(23(29)34-3,24(30)35-4)14-20(27)21(18-8-6-7-9-19(18)22(27)28)37(32,33)17-12-10-16(2)11-13-17/h6-13,20-21H,5,14-15H2,1-4H3/t20-,21+,27-/m1/s1. The van der Waals surface area contributed by atoms with Crippen molar-refractivity contribution >= 4 is 33.5 Å². The van der Waals surface area contributed by atoms with Crippen LogP contribution in [-0.4, -0.2) is 52.9 Å². The molecule has 0 spiro atoms. The maximum Gasteiger partial charge on any atom is 0.323 e. The van der Waals surface area contributed by atoms with Crippen LogP contribution in [0.1, 0.15) is 46.5 Å². The van der Waals surface area contributed by atoms with Gasteiger partial charge in [0.25, 0.3) is 0 Å². The van der Waals surface area contributed by atoms with E-state index < -0.39 is 68.4 Å². The average Bonchev–Trinajstić information content (AvgIpc) is 3.26. The van der Waals surface area contributed by atoms with E-state index in [-0.39, 0.29) is 22.6 Å². The monoisotopic (exact) mass is 528 g/mol. The smallest absolute Gasteiger partial charge is 0.323 e. The Morgan fingerprint density at radius 2 is 1.54 bits per heavy atom. The third kappa shape index (κ3) is 3.77. The van der Waals surface area contributed by atoms with Crippen LogP contribution in [0, 0.1) is 23.7 Å². The first kappa shape index (κ1) is 26.5. The Kier molecular flexibility index (Phi) is 6.74. The van der Waals surface area contributed by atoms with E-state index in [1.54, 1.807) is 31.2 Å². The lowest BCUT2D eigenvalue weighted by Gasteiger charge is -2.41. The number of aryl methyl sites for hydroxylation is 1. The van der Waals surface area contributed by atoms with Gasteiger partial charge < -0.3 is 14.2 Å². The van der Waals surface area contributed by atoms with Crippen molar-refractivity contribution in [2.24, 2.45) is 16.7 Å². The van der Waals surface area contributed by atoms with Crippen LogP contribution in [0.15, 0.2) is 53.4 Å². The van der Waals surface area contributed by atoms with E-state index in [2.05, 4.69) is 0 Å². The largest absolute Gasteiger partial charge is 0.468 e. The molecular formula is C27H28O9S. The van der Waals surface area contributed by atoms with Gasteiger partial charge in [-0.2, -0.15) is 0 Å². The highest BCUT2D eigenvalue weighted by Gasteiger charge is 2.74. The molecule has 0 N–H and O–H groups in total. The highest BCUT2D eigenvalue weighted by atomic mass is 32.2. The van der Waals surface area contributed by atoms with Crippen LogP contribution >= 0.6 is 0 Å². The third-order valence-corrected chi connectivity index (χ3v) is 9.72. The van der Waals surface area contributed by atoms with Crippen molar-refractivity contribution in [2.75, 3.05) is 20.8 Å². The van der Waals surface area contributed by atoms with Crippen molar-refractivity contribution < 1.29 is 41.8 Å². The van der Waals surface area contributed by atoms with Gasteiger partial charge in [0.15, 0.2) is 21.0 Å². The van der Waals surface area contributed by atoms with Gasteiger partial charge in [-0.3, -0.25) is 19.2 Å². The number of hydrogen-bond donors (Lipinski definition) is 0. The van der Waals surface area contributed by atoms with E-state index >= 15 is 0 Å². The summed E-state index contributed by atoms with van der Waals surface area (Å²) in [7, 11) is -2.09. The van der Waals surface area contributed by atoms with Gasteiger partial charge in [-0.1, -0.05) is 42.0 Å². The van der Waals surface area contributed by atoms with Crippen LogP contribution in [0.25, 0.3) is 0 Å². The van der Waals surface area contributed by atoms with E-state index in [1.807, 2.05) is 6.92 Å². The minimum Gasteiger partial charge on any atom is -0.468 e. The van der Waals surface area contributed by atoms with E-state index in [0.29, 0.717) is 0 Å². The minimum absolute atomic E-state index is 0.0151. The van der Waals surface area contributed by atoms with Gasteiger partial charge in [0.05, 0.1) is 31.0 Å². The fraction of sp³-hybridized carbons (Fsp3) is 0.407. The van der Waals surface area contributed by atoms with Crippen molar-refractivity contribution in [1.82, 2.24) is 0 Å². The second-order valence-electron chi connectivity index (χ2n) is 9.44. The summed E-state index contributed by atoms with van der Waals surface area (Å²) in [4.78, 5) is 53.9. The van der Waals surface area contributed by atoms with Crippen LogP contribution in [0.5, 0.6) is 0 Å². The van der Waals surface area contributed by atoms with Crippen LogP contribution in [0.4, 0.5) is 0 Å². The quantitative estimate of drug-likeness (QED) is 0.315. The van der Waals surface area contributed by atoms with Crippen LogP contribution < -0.4 is 0 Å². The zero-order valence-corrected chi connectivity index (χ0v) is 21.8. The number of rotatable bonds is 6. The zero-order valence-electron chi connectivity index (χ0n) is 21.0. The first-order chi connectivity index (χ1) is 17.5. The lowest BCUT2D eigenvalue weighted by molar-refractivity contribution is -0.169. The third-order valence-electron chi connectivity index (χ3n) is 7.54. The molecule has 9 nitrogen and oxygen atoms in total. The summed E-state index contributed by atoms with van der Waals surface area (Å²) in [6.07, 6.45) is -1.09. The van der Waals surface area contributed by atoms with Gasteiger partial charge in [0, 0.05) is 11.5 Å². The molecule has 2 aliphatic carbocycles. The summed E-state index contributed by atoms with van der Waals surface area (Å²) in [6.45, 7) is 3.27.